The molecule has 46 heavy (non-hydrogen) atoms. The molecule has 0 aliphatic heterocycles. The van der Waals surface area contributed by atoms with Crippen LogP contribution in [0.2, 0.25) is 5.02 Å². The number of benzene rings is 3. The minimum absolute atomic E-state index is 0. The monoisotopic (exact) mass is 791 g/mol. The van der Waals surface area contributed by atoms with Crippen molar-refractivity contribution >= 4 is 77.6 Å². The lowest BCUT2D eigenvalue weighted by Gasteiger charge is -2.14. The number of aromatic nitrogens is 3. The summed E-state index contributed by atoms with van der Waals surface area (Å²) in [6, 6.07) is 15.6. The summed E-state index contributed by atoms with van der Waals surface area (Å²) in [4.78, 5) is 25.1. The third-order valence-electron chi connectivity index (χ3n) is 7.30. The number of carbonyl (C=O) groups excluding carboxylic acids is 2. The predicted molar refractivity (Wildman–Crippen MR) is 173 cm³/mol. The van der Waals surface area contributed by atoms with Crippen LogP contribution in [0.4, 0.5) is 5.69 Å². The van der Waals surface area contributed by atoms with Gasteiger partial charge < -0.3 is 41.6 Å². The molecular weight excluding hydrogens is 761 g/mol. The standard InChI is InChI=1S/C29H31BrClN7O4S2.2ClH/c30-28-35-36-29(38(28)25-13-11-19(17-8-9-17)20-5-1-2-6-21(20)25)43-16-26(39)34-24-12-10-18(15-22(24)31)44(41,42)37-27(40)23(33)7-3-4-14-32;;/h1-2,5-6,10-13,15,17,23H,3-4,7-9,14,16,32-33H2,(H,34,39)(H,37,40);2*1H/t23-;;/m0../s1. The van der Waals surface area contributed by atoms with Gasteiger partial charge in [0.05, 0.1) is 33.6 Å². The van der Waals surface area contributed by atoms with Crippen molar-refractivity contribution in [2.45, 2.75) is 54.1 Å². The Labute approximate surface area is 297 Å². The second kappa shape index (κ2) is 16.6. The van der Waals surface area contributed by atoms with E-state index in [9.17, 15) is 18.0 Å². The molecule has 8 N–H and O–H groups in total. The first-order valence-electron chi connectivity index (χ1n) is 14.1. The molecule has 0 radical (unpaired) electrons. The minimum Gasteiger partial charge on any atom is -1.00 e. The van der Waals surface area contributed by atoms with Gasteiger partial charge in [-0.15, -0.1) is 10.2 Å². The summed E-state index contributed by atoms with van der Waals surface area (Å²) < 4.78 is 30.0. The third kappa shape index (κ3) is 8.92. The molecule has 1 aromatic heterocycles. The third-order valence-corrected chi connectivity index (χ3v) is 10.4. The van der Waals surface area contributed by atoms with Gasteiger partial charge in [-0.2, -0.15) is 0 Å². The Morgan fingerprint density at radius 1 is 1.07 bits per heavy atom. The second-order valence-corrected chi connectivity index (χ2v) is 14.3. The SMILES string of the molecule is [Cl-].[Cl-].[NH3+]CCCC[C@H]([NH3+])C(=O)NS(=O)(=O)c1ccc(NC(=O)CSc2nnc(Br)n2-c2ccc(C3CC3)c3ccccc23)c(Cl)c1. The first-order valence-corrected chi connectivity index (χ1v) is 17.8. The fraction of sp³-hybridized carbons (Fsp3) is 0.310. The number of halogens is 4. The normalized spacial score (nSPS) is 13.4. The Morgan fingerprint density at radius 2 is 1.78 bits per heavy atom. The van der Waals surface area contributed by atoms with Crippen molar-refractivity contribution in [3.05, 3.63) is 69.9 Å². The molecule has 3 aromatic carbocycles. The molecule has 1 atom stereocenters. The van der Waals surface area contributed by atoms with Crippen LogP contribution in [0.5, 0.6) is 0 Å². The molecule has 2 amide bonds. The van der Waals surface area contributed by atoms with Crippen molar-refractivity contribution in [2.24, 2.45) is 0 Å². The fourth-order valence-corrected chi connectivity index (χ4v) is 7.52. The highest BCUT2D eigenvalue weighted by atomic mass is 79.9. The molecule has 4 aromatic rings. The smallest absolute Gasteiger partial charge is 0.291 e. The zero-order valence-corrected chi connectivity index (χ0v) is 30.0. The lowest BCUT2D eigenvalue weighted by atomic mass is 9.99. The molecule has 11 nitrogen and oxygen atoms in total. The maximum atomic E-state index is 12.9. The van der Waals surface area contributed by atoms with E-state index in [1.165, 1.54) is 53.8 Å². The number of rotatable bonds is 13. The molecule has 1 heterocycles. The van der Waals surface area contributed by atoms with Gasteiger partial charge in [0.2, 0.25) is 10.6 Å². The number of nitrogens with zero attached hydrogens (tertiary/aromatic N) is 3. The minimum atomic E-state index is -4.17. The summed E-state index contributed by atoms with van der Waals surface area (Å²) in [5.74, 6) is -0.474. The van der Waals surface area contributed by atoms with Gasteiger partial charge in [-0.3, -0.25) is 14.2 Å². The number of fused-ring (bicyclic) bond motifs is 1. The van der Waals surface area contributed by atoms with E-state index in [-0.39, 0.29) is 52.1 Å². The average Bonchev–Trinajstić information content (AvgIpc) is 3.78. The Balaban J connectivity index is 0.00000288. The molecule has 0 unspecified atom stereocenters. The van der Waals surface area contributed by atoms with E-state index in [2.05, 4.69) is 71.9 Å². The van der Waals surface area contributed by atoms with Crippen molar-refractivity contribution in [3.63, 3.8) is 0 Å². The van der Waals surface area contributed by atoms with E-state index in [1.54, 1.807) is 0 Å². The molecule has 1 saturated carbocycles. The van der Waals surface area contributed by atoms with Crippen molar-refractivity contribution in [1.82, 2.24) is 19.5 Å². The van der Waals surface area contributed by atoms with Gasteiger partial charge >= 0.3 is 0 Å². The van der Waals surface area contributed by atoms with Crippen LogP contribution in [-0.4, -0.2) is 53.3 Å². The molecule has 248 valence electrons. The summed E-state index contributed by atoms with van der Waals surface area (Å²) >= 11 is 11.0. The second-order valence-electron chi connectivity index (χ2n) is 10.6. The average molecular weight is 794 g/mol. The number of amides is 2. The summed E-state index contributed by atoms with van der Waals surface area (Å²) in [6.07, 6.45) is 4.41. The summed E-state index contributed by atoms with van der Waals surface area (Å²) in [7, 11) is -4.17. The summed E-state index contributed by atoms with van der Waals surface area (Å²) in [5, 5.41) is 14.0. The van der Waals surface area contributed by atoms with Gasteiger partial charge in [0.1, 0.15) is 0 Å². The predicted octanol–water partition coefficient (Wildman–Crippen LogP) is -2.72. The quantitative estimate of drug-likeness (QED) is 0.0840. The molecule has 1 aliphatic carbocycles. The van der Waals surface area contributed by atoms with Gasteiger partial charge in [0.25, 0.3) is 15.9 Å². The number of quaternary nitrogens is 2. The highest BCUT2D eigenvalue weighted by Gasteiger charge is 2.27. The van der Waals surface area contributed by atoms with Gasteiger partial charge in [-0.1, -0.05) is 53.7 Å². The largest absolute Gasteiger partial charge is 1.00 e. The van der Waals surface area contributed by atoms with Crippen LogP contribution in [0.25, 0.3) is 16.5 Å². The van der Waals surface area contributed by atoms with Crippen LogP contribution >= 0.6 is 39.3 Å². The number of nitrogens with one attached hydrogen (secondary N) is 2. The highest BCUT2D eigenvalue weighted by molar-refractivity contribution is 9.10. The molecule has 0 saturated heterocycles. The van der Waals surface area contributed by atoms with E-state index in [4.69, 9.17) is 11.6 Å². The van der Waals surface area contributed by atoms with Gasteiger partial charge in [0, 0.05) is 11.8 Å². The summed E-state index contributed by atoms with van der Waals surface area (Å²) in [5.41, 5.74) is 9.98. The first-order chi connectivity index (χ1) is 21.1. The number of unbranched alkanes of at least 4 members (excludes halogenated alkanes) is 1. The van der Waals surface area contributed by atoms with Crippen molar-refractivity contribution < 1.29 is 54.3 Å². The van der Waals surface area contributed by atoms with Crippen molar-refractivity contribution in [2.75, 3.05) is 17.6 Å². The Bertz CT molecular complexity index is 1820. The fourth-order valence-electron chi connectivity index (χ4n) is 4.85. The van der Waals surface area contributed by atoms with Crippen molar-refractivity contribution in [1.29, 1.82) is 0 Å². The number of hydrogen-bond donors (Lipinski definition) is 4. The van der Waals surface area contributed by atoms with Gasteiger partial charge in [-0.05, 0) is 82.7 Å². The van der Waals surface area contributed by atoms with Gasteiger partial charge in [-0.25, -0.2) is 13.1 Å². The zero-order chi connectivity index (χ0) is 31.4. The van der Waals surface area contributed by atoms with E-state index in [0.29, 0.717) is 22.2 Å². The Kier molecular flexibility index (Phi) is 13.7. The van der Waals surface area contributed by atoms with E-state index in [0.717, 1.165) is 30.5 Å². The zero-order valence-electron chi connectivity index (χ0n) is 24.5. The summed E-state index contributed by atoms with van der Waals surface area (Å²) in [6.45, 7) is 0.734. The lowest BCUT2D eigenvalue weighted by molar-refractivity contribution is -0.405. The van der Waals surface area contributed by atoms with Crippen LogP contribution in [0, 0.1) is 0 Å². The molecule has 17 heteroatoms. The number of carbonyl (C=O) groups is 2. The number of thioether (sulfide) groups is 1. The molecule has 5 rings (SSSR count). The van der Waals surface area contributed by atoms with Crippen molar-refractivity contribution in [3.8, 4) is 5.69 Å². The van der Waals surface area contributed by atoms with Crippen LogP contribution in [0.3, 0.4) is 0 Å². The lowest BCUT2D eigenvalue weighted by Crippen LogP contribution is -3.00. The van der Waals surface area contributed by atoms with E-state index < -0.39 is 22.0 Å². The molecule has 1 fully saturated rings. The van der Waals surface area contributed by atoms with Crippen LogP contribution in [-0.2, 0) is 19.6 Å². The van der Waals surface area contributed by atoms with Gasteiger partial charge in [0.15, 0.2) is 11.2 Å². The Hall–Kier alpha value is -2.43. The van der Waals surface area contributed by atoms with E-state index in [1.807, 2.05) is 16.7 Å². The first kappa shape index (κ1) is 38.0. The maximum absolute atomic E-state index is 12.9. The Morgan fingerprint density at radius 3 is 2.46 bits per heavy atom. The molecule has 0 spiro atoms. The van der Waals surface area contributed by atoms with E-state index >= 15 is 0 Å². The number of hydrogen-bond acceptors (Lipinski definition) is 7. The highest BCUT2D eigenvalue weighted by Crippen LogP contribution is 2.44. The van der Waals surface area contributed by atoms with Crippen LogP contribution in [0.15, 0.2) is 69.4 Å². The number of anilines is 1. The number of sulfonamides is 1. The molecule has 1 aliphatic rings. The van der Waals surface area contributed by atoms with Crippen LogP contribution in [0.1, 0.15) is 43.6 Å². The maximum Gasteiger partial charge on any atom is 0.291 e. The topological polar surface area (TPSA) is 178 Å². The molecular formula is C29H33BrCl3N7O4S2. The van der Waals surface area contributed by atoms with Crippen LogP contribution < -0.4 is 46.3 Å². The molecule has 0 bridgehead atoms.